The molecule has 1 unspecified atom stereocenters. The van der Waals surface area contributed by atoms with Gasteiger partial charge in [-0.05, 0) is 30.5 Å². The lowest BCUT2D eigenvalue weighted by atomic mass is 9.64. The first kappa shape index (κ1) is 17.7. The number of benzene rings is 1. The molecule has 2 N–H and O–H groups in total. The van der Waals surface area contributed by atoms with Crippen molar-refractivity contribution < 1.29 is 9.53 Å². The third kappa shape index (κ3) is 3.82. The lowest BCUT2D eigenvalue weighted by Gasteiger charge is -2.43. The molecule has 1 saturated carbocycles. The van der Waals surface area contributed by atoms with Crippen molar-refractivity contribution in [3.63, 3.8) is 0 Å². The van der Waals surface area contributed by atoms with Crippen LogP contribution >= 0.6 is 28.3 Å². The number of nitrogens with one attached hydrogen (secondary N) is 2. The van der Waals surface area contributed by atoms with Crippen molar-refractivity contribution >= 4 is 34.2 Å². The highest BCUT2D eigenvalue weighted by Crippen LogP contribution is 2.43. The van der Waals surface area contributed by atoms with Crippen LogP contribution in [-0.2, 0) is 14.9 Å². The molecule has 1 aromatic carbocycles. The number of hydrogen-bond donors (Lipinski definition) is 2. The zero-order valence-electron chi connectivity index (χ0n) is 12.4. The Labute approximate surface area is 145 Å². The fourth-order valence-electron chi connectivity index (χ4n) is 3.08. The molecule has 2 fully saturated rings. The Morgan fingerprint density at radius 2 is 2.09 bits per heavy atom. The van der Waals surface area contributed by atoms with Crippen LogP contribution in [0.5, 0.6) is 0 Å². The number of halogens is 2. The Balaban J connectivity index is 0.00000176. The van der Waals surface area contributed by atoms with Gasteiger partial charge in [-0.15, -0.1) is 12.4 Å². The fraction of sp³-hybridized carbons (Fsp3) is 0.562. The van der Waals surface area contributed by atoms with Gasteiger partial charge in [0.05, 0.1) is 6.61 Å². The van der Waals surface area contributed by atoms with Gasteiger partial charge >= 0.3 is 0 Å². The van der Waals surface area contributed by atoms with Crippen LogP contribution < -0.4 is 10.6 Å². The quantitative estimate of drug-likeness (QED) is 0.831. The molecule has 1 atom stereocenters. The van der Waals surface area contributed by atoms with E-state index in [0.717, 1.165) is 23.9 Å². The normalized spacial score (nSPS) is 23.0. The van der Waals surface area contributed by atoms with Gasteiger partial charge in [-0.2, -0.15) is 0 Å². The molecule has 3 rings (SSSR count). The van der Waals surface area contributed by atoms with Crippen LogP contribution in [0.4, 0.5) is 0 Å². The molecular formula is C16H22BrClN2O2. The van der Waals surface area contributed by atoms with Gasteiger partial charge in [0.25, 0.3) is 0 Å². The highest BCUT2D eigenvalue weighted by molar-refractivity contribution is 9.10. The average molecular weight is 390 g/mol. The molecule has 1 amide bonds. The maximum atomic E-state index is 12.2. The van der Waals surface area contributed by atoms with Crippen LogP contribution in [0.1, 0.15) is 24.8 Å². The second-order valence-electron chi connectivity index (χ2n) is 5.92. The van der Waals surface area contributed by atoms with Crippen molar-refractivity contribution in [1.82, 2.24) is 10.6 Å². The summed E-state index contributed by atoms with van der Waals surface area (Å²) in [6, 6.07) is 8.47. The summed E-state index contributed by atoms with van der Waals surface area (Å²) in [5, 5.41) is 6.28. The van der Waals surface area contributed by atoms with E-state index in [1.165, 1.54) is 12.0 Å². The number of ether oxygens (including phenoxy) is 1. The van der Waals surface area contributed by atoms with Crippen molar-refractivity contribution in [1.29, 1.82) is 0 Å². The van der Waals surface area contributed by atoms with Gasteiger partial charge < -0.3 is 15.4 Å². The summed E-state index contributed by atoms with van der Waals surface area (Å²) in [6.45, 7) is 2.74. The molecule has 0 aromatic heterocycles. The SMILES string of the molecule is Cl.O=C(NCC1(c2ccc(Br)cc2)CCC1)C1CNCCO1. The molecule has 1 heterocycles. The molecule has 0 radical (unpaired) electrons. The predicted molar refractivity (Wildman–Crippen MR) is 92.5 cm³/mol. The summed E-state index contributed by atoms with van der Waals surface area (Å²) >= 11 is 3.47. The highest BCUT2D eigenvalue weighted by atomic mass is 79.9. The monoisotopic (exact) mass is 388 g/mol. The maximum Gasteiger partial charge on any atom is 0.250 e. The molecule has 122 valence electrons. The molecule has 1 aliphatic heterocycles. The van der Waals surface area contributed by atoms with Gasteiger partial charge in [0.1, 0.15) is 6.10 Å². The summed E-state index contributed by atoms with van der Waals surface area (Å²) in [4.78, 5) is 12.2. The highest BCUT2D eigenvalue weighted by Gasteiger charge is 2.39. The van der Waals surface area contributed by atoms with E-state index >= 15 is 0 Å². The van der Waals surface area contributed by atoms with E-state index in [4.69, 9.17) is 4.74 Å². The van der Waals surface area contributed by atoms with Gasteiger partial charge in [-0.1, -0.05) is 34.5 Å². The molecular weight excluding hydrogens is 368 g/mol. The van der Waals surface area contributed by atoms with E-state index < -0.39 is 0 Å². The first-order valence-corrected chi connectivity index (χ1v) is 8.35. The molecule has 6 heteroatoms. The Bertz CT molecular complexity index is 499. The Morgan fingerprint density at radius 3 is 2.64 bits per heavy atom. The minimum atomic E-state index is -0.346. The topological polar surface area (TPSA) is 50.4 Å². The minimum absolute atomic E-state index is 0. The molecule has 0 spiro atoms. The molecule has 1 aliphatic carbocycles. The van der Waals surface area contributed by atoms with Crippen LogP contribution in [0.15, 0.2) is 28.7 Å². The van der Waals surface area contributed by atoms with E-state index in [1.54, 1.807) is 0 Å². The van der Waals surface area contributed by atoms with E-state index in [1.807, 2.05) is 0 Å². The third-order valence-electron chi connectivity index (χ3n) is 4.59. The van der Waals surface area contributed by atoms with Crippen molar-refractivity contribution in [2.75, 3.05) is 26.2 Å². The predicted octanol–water partition coefficient (Wildman–Crippen LogP) is 2.40. The number of morpholine rings is 1. The summed E-state index contributed by atoms with van der Waals surface area (Å²) < 4.78 is 6.59. The largest absolute Gasteiger partial charge is 0.366 e. The number of carbonyl (C=O) groups excluding carboxylic acids is 1. The Kier molecular flexibility index (Phi) is 6.26. The van der Waals surface area contributed by atoms with Crippen molar-refractivity contribution in [3.05, 3.63) is 34.3 Å². The maximum absolute atomic E-state index is 12.2. The van der Waals surface area contributed by atoms with Crippen molar-refractivity contribution in [2.45, 2.75) is 30.8 Å². The van der Waals surface area contributed by atoms with Crippen LogP contribution in [0.2, 0.25) is 0 Å². The van der Waals surface area contributed by atoms with Gasteiger partial charge in [-0.3, -0.25) is 4.79 Å². The standard InChI is InChI=1S/C16H21BrN2O2.ClH/c17-13-4-2-12(3-5-13)16(6-1-7-16)11-19-15(20)14-10-18-8-9-21-14;/h2-5,14,18H,1,6-11H2,(H,19,20);1H. The lowest BCUT2D eigenvalue weighted by Crippen LogP contribution is -2.52. The van der Waals surface area contributed by atoms with Crippen molar-refractivity contribution in [3.8, 4) is 0 Å². The first-order valence-electron chi connectivity index (χ1n) is 7.56. The van der Waals surface area contributed by atoms with E-state index in [9.17, 15) is 4.79 Å². The van der Waals surface area contributed by atoms with Crippen molar-refractivity contribution in [2.24, 2.45) is 0 Å². The third-order valence-corrected chi connectivity index (χ3v) is 5.12. The van der Waals surface area contributed by atoms with Crippen LogP contribution in [-0.4, -0.2) is 38.3 Å². The Hall–Kier alpha value is -0.620. The second-order valence-corrected chi connectivity index (χ2v) is 6.84. The zero-order valence-corrected chi connectivity index (χ0v) is 14.8. The number of carbonyl (C=O) groups is 1. The van der Waals surface area contributed by atoms with Crippen LogP contribution in [0, 0.1) is 0 Å². The van der Waals surface area contributed by atoms with E-state index in [-0.39, 0.29) is 29.8 Å². The lowest BCUT2D eigenvalue weighted by molar-refractivity contribution is -0.134. The molecule has 4 nitrogen and oxygen atoms in total. The van der Waals surface area contributed by atoms with Crippen LogP contribution in [0.3, 0.4) is 0 Å². The molecule has 1 saturated heterocycles. The molecule has 22 heavy (non-hydrogen) atoms. The molecule has 1 aromatic rings. The summed E-state index contributed by atoms with van der Waals surface area (Å²) in [5.41, 5.74) is 1.43. The Morgan fingerprint density at radius 1 is 1.36 bits per heavy atom. The van der Waals surface area contributed by atoms with Gasteiger partial charge in [0.2, 0.25) is 5.91 Å². The number of amides is 1. The molecule has 2 aliphatic rings. The van der Waals surface area contributed by atoms with Gasteiger partial charge in [0, 0.05) is 29.5 Å². The minimum Gasteiger partial charge on any atom is -0.366 e. The average Bonchev–Trinajstić information content (AvgIpc) is 2.48. The smallest absolute Gasteiger partial charge is 0.250 e. The summed E-state index contributed by atoms with van der Waals surface area (Å²) in [7, 11) is 0. The fourth-order valence-corrected chi connectivity index (χ4v) is 3.34. The van der Waals surface area contributed by atoms with Gasteiger partial charge in [-0.25, -0.2) is 0 Å². The summed E-state index contributed by atoms with van der Waals surface area (Å²) in [6.07, 6.45) is 3.16. The first-order chi connectivity index (χ1) is 10.2. The van der Waals surface area contributed by atoms with Crippen LogP contribution in [0.25, 0.3) is 0 Å². The molecule has 0 bridgehead atoms. The number of hydrogen-bond acceptors (Lipinski definition) is 3. The zero-order chi connectivity index (χ0) is 14.7. The second kappa shape index (κ2) is 7.77. The number of rotatable bonds is 4. The van der Waals surface area contributed by atoms with Gasteiger partial charge in [0.15, 0.2) is 0 Å². The van der Waals surface area contributed by atoms with E-state index in [2.05, 4.69) is 50.8 Å². The summed E-state index contributed by atoms with van der Waals surface area (Å²) in [5.74, 6) is 0.00517. The van der Waals surface area contributed by atoms with E-state index in [0.29, 0.717) is 19.7 Å².